The fourth-order valence-electron chi connectivity index (χ4n) is 8.04. The number of ether oxygens (including phenoxy) is 3. The molecule has 1 saturated heterocycles. The molecule has 1 aromatic heterocycles. The third kappa shape index (κ3) is 5.72. The maximum atomic E-state index is 10.8. The van der Waals surface area contributed by atoms with Gasteiger partial charge in [0.15, 0.2) is 5.82 Å². The van der Waals surface area contributed by atoms with Crippen LogP contribution < -0.4 is 10.1 Å². The fraction of sp³-hybridized carbons (Fsp3) is 0.735. The predicted molar refractivity (Wildman–Crippen MR) is 165 cm³/mol. The number of rotatable bonds is 11. The molecule has 2 spiro atoms. The highest BCUT2D eigenvalue weighted by atomic mass is 16.5. The summed E-state index contributed by atoms with van der Waals surface area (Å²) in [6.45, 7) is 12.0. The number of aliphatic hydroxyl groups excluding tert-OH is 1. The Hall–Kier alpha value is -2.13. The summed E-state index contributed by atoms with van der Waals surface area (Å²) < 4.78 is 18.8. The van der Waals surface area contributed by atoms with Gasteiger partial charge < -0.3 is 24.6 Å². The van der Waals surface area contributed by atoms with Gasteiger partial charge in [-0.1, -0.05) is 25.0 Å². The first-order valence-electron chi connectivity index (χ1n) is 16.3. The lowest BCUT2D eigenvalue weighted by atomic mass is 9.59. The molecule has 2 aliphatic carbocycles. The van der Waals surface area contributed by atoms with Gasteiger partial charge in [0.05, 0.1) is 43.1 Å². The highest BCUT2D eigenvalue weighted by Crippen LogP contribution is 2.53. The molecule has 3 N–H and O–H groups in total. The molecular formula is C34H52N4O4. The smallest absolute Gasteiger partial charge is 0.223 e. The van der Waals surface area contributed by atoms with Crippen LogP contribution >= 0.6 is 0 Å². The van der Waals surface area contributed by atoms with Gasteiger partial charge in [0.2, 0.25) is 5.88 Å². The van der Waals surface area contributed by atoms with Crippen molar-refractivity contribution in [1.29, 1.82) is 5.41 Å². The van der Waals surface area contributed by atoms with Crippen LogP contribution in [0.15, 0.2) is 22.3 Å². The molecule has 2 aliphatic heterocycles. The van der Waals surface area contributed by atoms with Crippen molar-refractivity contribution >= 4 is 5.71 Å². The zero-order valence-corrected chi connectivity index (χ0v) is 26.5. The molecular weight excluding hydrogens is 528 g/mol. The first kappa shape index (κ1) is 31.3. The summed E-state index contributed by atoms with van der Waals surface area (Å²) in [7, 11) is 1.99. The Kier molecular flexibility index (Phi) is 9.87. The van der Waals surface area contributed by atoms with Crippen LogP contribution in [-0.4, -0.2) is 66.9 Å². The van der Waals surface area contributed by atoms with Crippen LogP contribution in [0.1, 0.15) is 109 Å². The molecule has 4 aliphatic rings. The molecule has 0 aromatic carbocycles. The summed E-state index contributed by atoms with van der Waals surface area (Å²) in [5.41, 5.74) is 6.40. The Morgan fingerprint density at radius 3 is 2.57 bits per heavy atom. The molecule has 0 bridgehead atoms. The molecule has 1 aromatic rings. The third-order valence-electron chi connectivity index (χ3n) is 10.8. The largest absolute Gasteiger partial charge is 0.474 e. The Bertz CT molecular complexity index is 1210. The monoisotopic (exact) mass is 580 g/mol. The number of allylic oxidation sites excluding steroid dienone is 3. The number of nitrogens with one attached hydrogen (secondary N) is 2. The van der Waals surface area contributed by atoms with Gasteiger partial charge in [0.1, 0.15) is 11.8 Å². The lowest BCUT2D eigenvalue weighted by molar-refractivity contribution is 0.0355. The zero-order valence-electron chi connectivity index (χ0n) is 26.5. The second-order valence-electron chi connectivity index (χ2n) is 13.2. The molecule has 8 nitrogen and oxygen atoms in total. The first-order chi connectivity index (χ1) is 20.3. The lowest BCUT2D eigenvalue weighted by Crippen LogP contribution is -2.40. The number of hydrogen-bond donors (Lipinski definition) is 3. The third-order valence-corrected chi connectivity index (χ3v) is 10.8. The van der Waals surface area contributed by atoms with Crippen molar-refractivity contribution in [2.75, 3.05) is 40.0 Å². The van der Waals surface area contributed by atoms with Gasteiger partial charge >= 0.3 is 0 Å². The zero-order chi connectivity index (χ0) is 29.9. The molecule has 1 fully saturated rings. The van der Waals surface area contributed by atoms with E-state index in [0.29, 0.717) is 49.8 Å². The maximum Gasteiger partial charge on any atom is 0.223 e. The molecule has 5 rings (SSSR count). The van der Waals surface area contributed by atoms with Crippen molar-refractivity contribution in [3.63, 3.8) is 0 Å². The number of hydrogen-bond acceptors (Lipinski definition) is 8. The summed E-state index contributed by atoms with van der Waals surface area (Å²) in [4.78, 5) is 10.1. The van der Waals surface area contributed by atoms with Gasteiger partial charge in [-0.15, -0.1) is 0 Å². The first-order valence-corrected chi connectivity index (χ1v) is 16.3. The Morgan fingerprint density at radius 2 is 1.88 bits per heavy atom. The van der Waals surface area contributed by atoms with E-state index in [1.165, 1.54) is 11.1 Å². The van der Waals surface area contributed by atoms with Crippen LogP contribution in [0.25, 0.3) is 0 Å². The lowest BCUT2D eigenvalue weighted by Gasteiger charge is -2.45. The second kappa shape index (κ2) is 13.2. The van der Waals surface area contributed by atoms with Gasteiger partial charge in [-0.3, -0.25) is 5.41 Å². The minimum absolute atomic E-state index is 0.00348. The van der Waals surface area contributed by atoms with Crippen molar-refractivity contribution in [2.24, 2.45) is 11.3 Å². The molecule has 0 unspecified atom stereocenters. The number of fused-ring (bicyclic) bond motifs is 2. The minimum Gasteiger partial charge on any atom is -0.474 e. The minimum atomic E-state index is -0.342. The average molecular weight is 581 g/mol. The number of nitrogens with zero attached hydrogens (tertiary/aromatic N) is 2. The van der Waals surface area contributed by atoms with E-state index in [1.54, 1.807) is 0 Å². The average Bonchev–Trinajstić information content (AvgIpc) is 3.47. The van der Waals surface area contributed by atoms with Gasteiger partial charge in [-0.2, -0.15) is 4.98 Å². The molecule has 3 heterocycles. The summed E-state index contributed by atoms with van der Waals surface area (Å²) in [6, 6.07) is 0. The van der Waals surface area contributed by atoms with E-state index in [4.69, 9.17) is 24.2 Å². The Balaban J connectivity index is 1.58. The van der Waals surface area contributed by atoms with Crippen LogP contribution in [0.4, 0.5) is 0 Å². The molecule has 0 amide bonds. The van der Waals surface area contributed by atoms with Crippen molar-refractivity contribution < 1.29 is 19.3 Å². The summed E-state index contributed by atoms with van der Waals surface area (Å²) in [5.74, 6) is 1.32. The highest BCUT2D eigenvalue weighted by molar-refractivity contribution is 6.09. The second-order valence-corrected chi connectivity index (χ2v) is 13.2. The Morgan fingerprint density at radius 1 is 1.12 bits per heavy atom. The van der Waals surface area contributed by atoms with Crippen LogP contribution in [0, 0.1) is 16.7 Å². The van der Waals surface area contributed by atoms with E-state index >= 15 is 0 Å². The van der Waals surface area contributed by atoms with Gasteiger partial charge in [0.25, 0.3) is 0 Å². The van der Waals surface area contributed by atoms with Crippen molar-refractivity contribution in [2.45, 2.75) is 110 Å². The van der Waals surface area contributed by atoms with Crippen molar-refractivity contribution in [1.82, 2.24) is 15.3 Å². The van der Waals surface area contributed by atoms with E-state index in [0.717, 1.165) is 93.2 Å². The molecule has 0 saturated carbocycles. The number of aromatic nitrogens is 2. The fourth-order valence-corrected chi connectivity index (χ4v) is 8.04. The summed E-state index contributed by atoms with van der Waals surface area (Å²) in [6.07, 6.45) is 9.91. The quantitative estimate of drug-likeness (QED) is 0.172. The van der Waals surface area contributed by atoms with Crippen molar-refractivity contribution in [3.8, 4) is 5.88 Å². The SMILES string of the molecule is CC[C@H](Oc1nc(C(=N)C2=C(CO)[C@]3(CCCC(C)=C3C)CCC2)nc2c1COC[C@]21CCOC1)[C@@H](C)CCCNC. The van der Waals surface area contributed by atoms with Crippen LogP contribution in [-0.2, 0) is 21.5 Å². The molecule has 8 heteroatoms. The van der Waals surface area contributed by atoms with E-state index in [9.17, 15) is 10.5 Å². The van der Waals surface area contributed by atoms with E-state index in [-0.39, 0.29) is 23.5 Å². The van der Waals surface area contributed by atoms with Crippen LogP contribution in [0.5, 0.6) is 5.88 Å². The molecule has 232 valence electrons. The normalized spacial score (nSPS) is 27.5. The van der Waals surface area contributed by atoms with E-state index in [1.807, 2.05) is 7.05 Å². The topological polar surface area (TPSA) is 110 Å². The summed E-state index contributed by atoms with van der Waals surface area (Å²) in [5, 5.41) is 23.6. The van der Waals surface area contributed by atoms with E-state index in [2.05, 4.69) is 33.0 Å². The van der Waals surface area contributed by atoms with Gasteiger partial charge in [0, 0.05) is 12.0 Å². The van der Waals surface area contributed by atoms with Crippen molar-refractivity contribution in [3.05, 3.63) is 39.4 Å². The predicted octanol–water partition coefficient (Wildman–Crippen LogP) is 5.81. The molecule has 4 atom stereocenters. The van der Waals surface area contributed by atoms with Gasteiger partial charge in [-0.25, -0.2) is 4.98 Å². The van der Waals surface area contributed by atoms with Gasteiger partial charge in [-0.05, 0) is 109 Å². The molecule has 42 heavy (non-hydrogen) atoms. The standard InChI is InChI=1S/C34H52N4O4/c1-6-28(23(3)11-9-16-36-5)42-32-26-19-41-21-33(15-17-40-20-33)30(26)37-31(38-32)29(35)25-12-8-14-34(27(25)18-39)13-7-10-22(2)24(34)4/h23,28,35-36,39H,6-21H2,1-5H3/t23-,28-,33+,34+/m0/s1. The van der Waals surface area contributed by atoms with Crippen LogP contribution in [0.2, 0.25) is 0 Å². The Labute approximate surface area is 252 Å². The number of aliphatic hydroxyl groups is 1. The maximum absolute atomic E-state index is 10.8. The highest BCUT2D eigenvalue weighted by Gasteiger charge is 2.46. The van der Waals surface area contributed by atoms with Crippen LogP contribution in [0.3, 0.4) is 0 Å². The molecule has 0 radical (unpaired) electrons. The summed E-state index contributed by atoms with van der Waals surface area (Å²) >= 11 is 0. The van der Waals surface area contributed by atoms with E-state index < -0.39 is 0 Å².